The van der Waals surface area contributed by atoms with Crippen LogP contribution < -0.4 is 5.73 Å². The second kappa shape index (κ2) is 5.59. The summed E-state index contributed by atoms with van der Waals surface area (Å²) >= 11 is 0. The van der Waals surface area contributed by atoms with Crippen LogP contribution in [0.2, 0.25) is 0 Å². The number of benzene rings is 1. The van der Waals surface area contributed by atoms with E-state index >= 15 is 0 Å². The molecule has 20 heavy (non-hydrogen) atoms. The monoisotopic (exact) mass is 297 g/mol. The minimum atomic E-state index is -3.55. The molecule has 0 bridgehead atoms. The molecular weight excluding hydrogens is 282 g/mol. The van der Waals surface area contributed by atoms with Gasteiger partial charge in [-0.25, -0.2) is 8.42 Å². The third-order valence-corrected chi connectivity index (χ3v) is 5.03. The number of hydrogen-bond donors (Lipinski definition) is 1. The first-order chi connectivity index (χ1) is 9.43. The largest absolute Gasteiger partial charge is 0.361 e. The minimum absolute atomic E-state index is 0.149. The first-order valence-corrected chi connectivity index (χ1v) is 7.51. The Labute approximate surface area is 117 Å². The van der Waals surface area contributed by atoms with Crippen molar-refractivity contribution in [2.24, 2.45) is 5.73 Å². The molecule has 1 aromatic rings. The summed E-state index contributed by atoms with van der Waals surface area (Å²) in [4.78, 5) is 23.7. The predicted molar refractivity (Wildman–Crippen MR) is 71.0 cm³/mol. The number of carbonyl (C=O) groups is 2. The van der Waals surface area contributed by atoms with Gasteiger partial charge >= 0.3 is 11.8 Å². The Balaban J connectivity index is 2.08. The van der Waals surface area contributed by atoms with Crippen LogP contribution in [0.25, 0.3) is 0 Å². The van der Waals surface area contributed by atoms with Gasteiger partial charge in [0.15, 0.2) is 0 Å². The Kier molecular flexibility index (Phi) is 4.05. The molecule has 0 aromatic heterocycles. The summed E-state index contributed by atoms with van der Waals surface area (Å²) in [5.74, 6) is -1.80. The molecule has 0 atom stereocenters. The van der Waals surface area contributed by atoms with E-state index in [0.29, 0.717) is 0 Å². The van der Waals surface area contributed by atoms with E-state index in [4.69, 9.17) is 5.73 Å². The van der Waals surface area contributed by atoms with E-state index in [2.05, 4.69) is 0 Å². The van der Waals surface area contributed by atoms with E-state index < -0.39 is 21.8 Å². The van der Waals surface area contributed by atoms with Crippen LogP contribution in [0.5, 0.6) is 0 Å². The molecule has 0 saturated carbocycles. The van der Waals surface area contributed by atoms with E-state index in [0.717, 1.165) is 0 Å². The lowest BCUT2D eigenvalue weighted by molar-refractivity contribution is -0.144. The quantitative estimate of drug-likeness (QED) is 0.708. The van der Waals surface area contributed by atoms with Crippen LogP contribution in [-0.4, -0.2) is 55.6 Å². The topological polar surface area (TPSA) is 101 Å². The van der Waals surface area contributed by atoms with Crippen molar-refractivity contribution in [2.45, 2.75) is 4.90 Å². The van der Waals surface area contributed by atoms with Gasteiger partial charge in [-0.15, -0.1) is 0 Å². The maximum absolute atomic E-state index is 12.3. The Hall–Kier alpha value is -1.93. The number of nitrogens with two attached hydrogens (primary N) is 1. The summed E-state index contributed by atoms with van der Waals surface area (Å²) in [5, 5.41) is 0. The highest BCUT2D eigenvalue weighted by atomic mass is 32.2. The molecule has 1 fully saturated rings. The van der Waals surface area contributed by atoms with Gasteiger partial charge in [-0.2, -0.15) is 4.31 Å². The number of sulfonamides is 1. The Morgan fingerprint density at radius 2 is 1.55 bits per heavy atom. The molecule has 0 unspecified atom stereocenters. The molecule has 0 spiro atoms. The van der Waals surface area contributed by atoms with Crippen LogP contribution in [0.3, 0.4) is 0 Å². The molecule has 7 nitrogen and oxygen atoms in total. The molecule has 2 N–H and O–H groups in total. The molecule has 1 saturated heterocycles. The number of rotatable bonds is 2. The van der Waals surface area contributed by atoms with Crippen molar-refractivity contribution in [3.8, 4) is 0 Å². The van der Waals surface area contributed by atoms with Gasteiger partial charge in [-0.3, -0.25) is 9.59 Å². The summed E-state index contributed by atoms with van der Waals surface area (Å²) in [6.07, 6.45) is 0. The van der Waals surface area contributed by atoms with Crippen LogP contribution in [0.4, 0.5) is 0 Å². The maximum Gasteiger partial charge on any atom is 0.311 e. The number of carbonyl (C=O) groups excluding carboxylic acids is 2. The highest BCUT2D eigenvalue weighted by Gasteiger charge is 2.31. The fourth-order valence-electron chi connectivity index (χ4n) is 2.03. The zero-order valence-electron chi connectivity index (χ0n) is 10.7. The molecule has 0 aliphatic carbocycles. The molecule has 8 heteroatoms. The van der Waals surface area contributed by atoms with Crippen LogP contribution in [0.15, 0.2) is 35.2 Å². The summed E-state index contributed by atoms with van der Waals surface area (Å²) < 4.78 is 26.0. The van der Waals surface area contributed by atoms with Gasteiger partial charge in [0.1, 0.15) is 0 Å². The van der Waals surface area contributed by atoms with Crippen molar-refractivity contribution in [2.75, 3.05) is 26.2 Å². The van der Waals surface area contributed by atoms with E-state index in [-0.39, 0.29) is 31.1 Å². The van der Waals surface area contributed by atoms with Gasteiger partial charge in [0.25, 0.3) is 0 Å². The van der Waals surface area contributed by atoms with Crippen LogP contribution in [0, 0.1) is 0 Å². The molecule has 1 aromatic carbocycles. The first kappa shape index (κ1) is 14.5. The third-order valence-electron chi connectivity index (χ3n) is 3.12. The average Bonchev–Trinajstić information content (AvgIpc) is 2.47. The zero-order chi connectivity index (χ0) is 14.8. The summed E-state index contributed by atoms with van der Waals surface area (Å²) in [6.45, 7) is 0.619. The Morgan fingerprint density at radius 1 is 1.00 bits per heavy atom. The summed E-state index contributed by atoms with van der Waals surface area (Å²) in [6, 6.07) is 8.09. The normalized spacial score (nSPS) is 16.9. The first-order valence-electron chi connectivity index (χ1n) is 6.07. The fourth-order valence-corrected chi connectivity index (χ4v) is 3.47. The van der Waals surface area contributed by atoms with Crippen LogP contribution >= 0.6 is 0 Å². The third kappa shape index (κ3) is 2.81. The maximum atomic E-state index is 12.3. The van der Waals surface area contributed by atoms with Gasteiger partial charge in [0.05, 0.1) is 4.90 Å². The number of nitrogens with zero attached hydrogens (tertiary/aromatic N) is 2. The molecule has 1 heterocycles. The Bertz CT molecular complexity index is 607. The predicted octanol–water partition coefficient (Wildman–Crippen LogP) is -0.995. The number of primary amides is 1. The Morgan fingerprint density at radius 3 is 2.05 bits per heavy atom. The second-order valence-corrected chi connectivity index (χ2v) is 6.31. The lowest BCUT2D eigenvalue weighted by atomic mass is 10.3. The van der Waals surface area contributed by atoms with Crippen molar-refractivity contribution >= 4 is 21.8 Å². The van der Waals surface area contributed by atoms with E-state index in [1.807, 2.05) is 0 Å². The SMILES string of the molecule is NC(=O)C(=O)N1CCN(S(=O)(=O)c2ccccc2)CC1. The number of amides is 2. The number of piperazine rings is 1. The molecule has 1 aliphatic heterocycles. The molecule has 108 valence electrons. The van der Waals surface area contributed by atoms with E-state index in [9.17, 15) is 18.0 Å². The van der Waals surface area contributed by atoms with Crippen LogP contribution in [0.1, 0.15) is 0 Å². The van der Waals surface area contributed by atoms with E-state index in [1.54, 1.807) is 18.2 Å². The van der Waals surface area contributed by atoms with Crippen molar-refractivity contribution in [3.63, 3.8) is 0 Å². The van der Waals surface area contributed by atoms with Crippen LogP contribution in [-0.2, 0) is 19.6 Å². The van der Waals surface area contributed by atoms with Crippen molar-refractivity contribution in [1.82, 2.24) is 9.21 Å². The lowest BCUT2D eigenvalue weighted by Gasteiger charge is -2.33. The van der Waals surface area contributed by atoms with Gasteiger partial charge in [0, 0.05) is 26.2 Å². The smallest absolute Gasteiger partial charge is 0.311 e. The van der Waals surface area contributed by atoms with Gasteiger partial charge in [0.2, 0.25) is 10.0 Å². The molecular formula is C12H15N3O4S. The fraction of sp³-hybridized carbons (Fsp3) is 0.333. The highest BCUT2D eigenvalue weighted by Crippen LogP contribution is 2.17. The number of hydrogen-bond acceptors (Lipinski definition) is 4. The van der Waals surface area contributed by atoms with Crippen molar-refractivity contribution in [3.05, 3.63) is 30.3 Å². The molecule has 2 amide bonds. The average molecular weight is 297 g/mol. The lowest BCUT2D eigenvalue weighted by Crippen LogP contribution is -2.53. The van der Waals surface area contributed by atoms with Crippen molar-refractivity contribution in [1.29, 1.82) is 0 Å². The molecule has 1 aliphatic rings. The van der Waals surface area contributed by atoms with E-state index in [1.165, 1.54) is 21.3 Å². The van der Waals surface area contributed by atoms with Gasteiger partial charge in [-0.05, 0) is 12.1 Å². The minimum Gasteiger partial charge on any atom is -0.361 e. The molecule has 0 radical (unpaired) electrons. The van der Waals surface area contributed by atoms with Gasteiger partial charge < -0.3 is 10.6 Å². The zero-order valence-corrected chi connectivity index (χ0v) is 11.5. The van der Waals surface area contributed by atoms with Gasteiger partial charge in [-0.1, -0.05) is 18.2 Å². The molecule has 2 rings (SSSR count). The second-order valence-electron chi connectivity index (χ2n) is 4.37. The standard InChI is InChI=1S/C12H15N3O4S/c13-11(16)12(17)14-6-8-15(9-7-14)20(18,19)10-4-2-1-3-5-10/h1-5H,6-9H2,(H2,13,16). The highest BCUT2D eigenvalue weighted by molar-refractivity contribution is 7.89. The van der Waals surface area contributed by atoms with Crippen molar-refractivity contribution < 1.29 is 18.0 Å². The summed E-state index contributed by atoms with van der Waals surface area (Å²) in [7, 11) is -3.55. The summed E-state index contributed by atoms with van der Waals surface area (Å²) in [5.41, 5.74) is 4.92.